The van der Waals surface area contributed by atoms with Crippen molar-refractivity contribution < 1.29 is 24.5 Å². The molecule has 3 N–H and O–H groups in total. The van der Waals surface area contributed by atoms with Crippen LogP contribution in [0.25, 0.3) is 0 Å². The highest BCUT2D eigenvalue weighted by molar-refractivity contribution is 5.76. The van der Waals surface area contributed by atoms with Gasteiger partial charge in [0.1, 0.15) is 0 Å². The number of ether oxygens (including phenoxy) is 1. The lowest BCUT2D eigenvalue weighted by molar-refractivity contribution is -0.143. The number of aliphatic hydroxyl groups is 2. The smallest absolute Gasteiger partial charge is 0.305 e. The fourth-order valence-corrected chi connectivity index (χ4v) is 9.34. The van der Waals surface area contributed by atoms with Crippen molar-refractivity contribution in [2.24, 2.45) is 0 Å². The number of carbonyl (C=O) groups excluding carboxylic acids is 2. The summed E-state index contributed by atoms with van der Waals surface area (Å²) in [7, 11) is 0. The van der Waals surface area contributed by atoms with E-state index in [2.05, 4.69) is 43.5 Å². The van der Waals surface area contributed by atoms with E-state index in [1.165, 1.54) is 250 Å². The van der Waals surface area contributed by atoms with Gasteiger partial charge < -0.3 is 20.3 Å². The van der Waals surface area contributed by atoms with Crippen LogP contribution in [-0.4, -0.2) is 47.4 Å². The van der Waals surface area contributed by atoms with Gasteiger partial charge in [-0.05, 0) is 77.0 Å². The van der Waals surface area contributed by atoms with Crippen molar-refractivity contribution in [1.82, 2.24) is 5.32 Å². The van der Waals surface area contributed by atoms with Crippen LogP contribution in [0.4, 0.5) is 0 Å². The summed E-state index contributed by atoms with van der Waals surface area (Å²) in [5, 5.41) is 23.3. The van der Waals surface area contributed by atoms with Crippen molar-refractivity contribution in [2.45, 2.75) is 341 Å². The molecule has 0 aliphatic heterocycles. The molecule has 396 valence electrons. The molecule has 0 aromatic carbocycles. The Bertz CT molecular complexity index is 1040. The molecule has 0 aromatic heterocycles. The highest BCUT2D eigenvalue weighted by Crippen LogP contribution is 2.17. The first-order valence-electron chi connectivity index (χ1n) is 30.1. The third-order valence-electron chi connectivity index (χ3n) is 14.0. The number of allylic oxidation sites excluding steroid dienone is 4. The topological polar surface area (TPSA) is 95.9 Å². The molecule has 0 saturated heterocycles. The highest BCUT2D eigenvalue weighted by Gasteiger charge is 2.20. The molecule has 6 heteroatoms. The molecule has 0 heterocycles. The van der Waals surface area contributed by atoms with Gasteiger partial charge in [-0.2, -0.15) is 0 Å². The first-order chi connectivity index (χ1) is 33.0. The maximum absolute atomic E-state index is 12.5. The van der Waals surface area contributed by atoms with Gasteiger partial charge >= 0.3 is 5.97 Å². The molecule has 0 fully saturated rings. The van der Waals surface area contributed by atoms with Crippen LogP contribution in [0.2, 0.25) is 0 Å². The molecule has 2 atom stereocenters. The van der Waals surface area contributed by atoms with Crippen molar-refractivity contribution in [2.75, 3.05) is 13.2 Å². The summed E-state index contributed by atoms with van der Waals surface area (Å²) < 4.78 is 5.46. The predicted octanol–water partition coefficient (Wildman–Crippen LogP) is 18.6. The second-order valence-electron chi connectivity index (χ2n) is 20.7. The summed E-state index contributed by atoms with van der Waals surface area (Å²) in [5.41, 5.74) is 0. The van der Waals surface area contributed by atoms with E-state index in [0.29, 0.717) is 25.9 Å². The van der Waals surface area contributed by atoms with Crippen LogP contribution < -0.4 is 5.32 Å². The minimum Gasteiger partial charge on any atom is -0.466 e. The van der Waals surface area contributed by atoms with Crippen LogP contribution in [0.1, 0.15) is 328 Å². The van der Waals surface area contributed by atoms with E-state index in [1.807, 2.05) is 0 Å². The van der Waals surface area contributed by atoms with E-state index < -0.39 is 12.1 Å². The lowest BCUT2D eigenvalue weighted by Crippen LogP contribution is -2.45. The summed E-state index contributed by atoms with van der Waals surface area (Å²) in [5.74, 6) is -0.0401. The normalized spacial score (nSPS) is 12.7. The first kappa shape index (κ1) is 65.3. The van der Waals surface area contributed by atoms with Gasteiger partial charge in [0.15, 0.2) is 0 Å². The van der Waals surface area contributed by atoms with Crippen LogP contribution in [-0.2, 0) is 14.3 Å². The molecule has 0 bridgehead atoms. The Morgan fingerprint density at radius 1 is 0.403 bits per heavy atom. The molecule has 0 aliphatic carbocycles. The number of nitrogens with one attached hydrogen (secondary N) is 1. The fraction of sp³-hybridized carbons (Fsp3) is 0.902. The number of esters is 1. The van der Waals surface area contributed by atoms with E-state index in [1.54, 1.807) is 0 Å². The maximum Gasteiger partial charge on any atom is 0.305 e. The number of hydrogen-bond acceptors (Lipinski definition) is 5. The molecule has 0 rings (SSSR count). The van der Waals surface area contributed by atoms with Crippen molar-refractivity contribution >= 4 is 11.9 Å². The standard InChI is InChI=1S/C61H117NO5/c1-3-5-7-9-11-13-15-17-18-27-30-33-37-41-45-49-53-59(64)58(57-63)62-60(65)54-50-46-42-38-34-31-28-25-23-21-19-20-22-24-26-29-32-36-40-44-48-52-56-67-61(66)55-51-47-43-39-35-16-14-12-10-8-6-4-2/h12,14,21,23,58-59,63-64H,3-11,13,15-20,22,24-57H2,1-2H3,(H,62,65)/b14-12-,23-21-. The number of rotatable bonds is 56. The second-order valence-corrected chi connectivity index (χ2v) is 20.7. The average Bonchev–Trinajstić information content (AvgIpc) is 3.33. The molecule has 67 heavy (non-hydrogen) atoms. The zero-order valence-corrected chi connectivity index (χ0v) is 45.1. The Labute approximate surface area is 418 Å². The van der Waals surface area contributed by atoms with Crippen molar-refractivity contribution in [3.8, 4) is 0 Å². The summed E-state index contributed by atoms with van der Waals surface area (Å²) in [6.07, 6.45) is 68.9. The Morgan fingerprint density at radius 3 is 1.09 bits per heavy atom. The predicted molar refractivity (Wildman–Crippen MR) is 292 cm³/mol. The van der Waals surface area contributed by atoms with Gasteiger partial charge in [-0.15, -0.1) is 0 Å². The van der Waals surface area contributed by atoms with E-state index in [-0.39, 0.29) is 18.5 Å². The van der Waals surface area contributed by atoms with Crippen LogP contribution in [0.15, 0.2) is 24.3 Å². The molecule has 0 spiro atoms. The minimum atomic E-state index is -0.668. The number of aliphatic hydroxyl groups excluding tert-OH is 2. The van der Waals surface area contributed by atoms with Crippen molar-refractivity contribution in [3.63, 3.8) is 0 Å². The summed E-state index contributed by atoms with van der Waals surface area (Å²) in [6, 6.07) is -0.546. The monoisotopic (exact) mass is 944 g/mol. The maximum atomic E-state index is 12.5. The molecule has 0 saturated carbocycles. The zero-order chi connectivity index (χ0) is 48.6. The quantitative estimate of drug-likeness (QED) is 0.0321. The van der Waals surface area contributed by atoms with E-state index in [9.17, 15) is 19.8 Å². The van der Waals surface area contributed by atoms with Gasteiger partial charge in [-0.25, -0.2) is 0 Å². The van der Waals surface area contributed by atoms with Crippen molar-refractivity contribution in [3.05, 3.63) is 24.3 Å². The Hall–Kier alpha value is -1.66. The minimum absolute atomic E-state index is 0.0000741. The number of carbonyl (C=O) groups is 2. The van der Waals surface area contributed by atoms with Crippen LogP contribution >= 0.6 is 0 Å². The van der Waals surface area contributed by atoms with E-state index in [0.717, 1.165) is 44.9 Å². The van der Waals surface area contributed by atoms with Crippen LogP contribution in [0, 0.1) is 0 Å². The van der Waals surface area contributed by atoms with Gasteiger partial charge in [0.25, 0.3) is 0 Å². The fourth-order valence-electron chi connectivity index (χ4n) is 9.34. The molecule has 6 nitrogen and oxygen atoms in total. The SMILES string of the molecule is CCCCC/C=C\CCCCCCCC(=O)OCCCCCCCCCCCCC/C=C\CCCCCCCCCC(=O)NC(CO)C(O)CCCCCCCCCCCCCCCCCC. The third-order valence-corrected chi connectivity index (χ3v) is 14.0. The van der Waals surface area contributed by atoms with Gasteiger partial charge in [0.2, 0.25) is 5.91 Å². The van der Waals surface area contributed by atoms with Gasteiger partial charge in [0, 0.05) is 12.8 Å². The first-order valence-corrected chi connectivity index (χ1v) is 30.1. The van der Waals surface area contributed by atoms with E-state index >= 15 is 0 Å². The van der Waals surface area contributed by atoms with Crippen LogP contribution in [0.3, 0.4) is 0 Å². The summed E-state index contributed by atoms with van der Waals surface area (Å²) >= 11 is 0. The number of amides is 1. The number of unbranched alkanes of at least 4 members (excludes halogenated alkanes) is 41. The van der Waals surface area contributed by atoms with E-state index in [4.69, 9.17) is 4.74 Å². The highest BCUT2D eigenvalue weighted by atomic mass is 16.5. The molecule has 0 aliphatic rings. The summed E-state index contributed by atoms with van der Waals surface area (Å²) in [4.78, 5) is 24.5. The zero-order valence-electron chi connectivity index (χ0n) is 45.1. The average molecular weight is 945 g/mol. The molecule has 2 unspecified atom stereocenters. The molecule has 0 radical (unpaired) electrons. The molecular formula is C61H117NO5. The van der Waals surface area contributed by atoms with Crippen LogP contribution in [0.5, 0.6) is 0 Å². The van der Waals surface area contributed by atoms with Gasteiger partial charge in [-0.1, -0.05) is 263 Å². The molecule has 1 amide bonds. The van der Waals surface area contributed by atoms with Gasteiger partial charge in [0.05, 0.1) is 25.4 Å². The molecule has 0 aromatic rings. The summed E-state index contributed by atoms with van der Waals surface area (Å²) in [6.45, 7) is 4.94. The molecular weight excluding hydrogens is 827 g/mol. The lowest BCUT2D eigenvalue weighted by atomic mass is 10.0. The Balaban J connectivity index is 3.42. The largest absolute Gasteiger partial charge is 0.466 e. The Kier molecular flexibility index (Phi) is 55.5. The third kappa shape index (κ3) is 53.5. The Morgan fingerprint density at radius 2 is 0.701 bits per heavy atom. The van der Waals surface area contributed by atoms with Crippen molar-refractivity contribution in [1.29, 1.82) is 0 Å². The lowest BCUT2D eigenvalue weighted by Gasteiger charge is -2.22. The second kappa shape index (κ2) is 56.9. The van der Waals surface area contributed by atoms with Gasteiger partial charge in [-0.3, -0.25) is 9.59 Å². The number of hydrogen-bond donors (Lipinski definition) is 3.